The van der Waals surface area contributed by atoms with E-state index in [-0.39, 0.29) is 11.8 Å². The molecule has 0 N–H and O–H groups in total. The maximum absolute atomic E-state index is 12.6. The number of fused-ring (bicyclic) bond motifs is 2. The number of rotatable bonds is 1. The van der Waals surface area contributed by atoms with Crippen LogP contribution < -0.4 is 0 Å². The summed E-state index contributed by atoms with van der Waals surface area (Å²) in [5.74, 6) is 0.227. The molecule has 2 aromatic carbocycles. The van der Waals surface area contributed by atoms with Gasteiger partial charge in [0.25, 0.3) is 5.91 Å². The zero-order valence-electron chi connectivity index (χ0n) is 12.0. The van der Waals surface area contributed by atoms with Gasteiger partial charge in [-0.25, -0.2) is 0 Å². The summed E-state index contributed by atoms with van der Waals surface area (Å²) in [5, 5.41) is 0. The van der Waals surface area contributed by atoms with E-state index >= 15 is 0 Å². The maximum atomic E-state index is 12.6. The van der Waals surface area contributed by atoms with Gasteiger partial charge in [0.1, 0.15) is 0 Å². The van der Waals surface area contributed by atoms with Gasteiger partial charge in [-0.2, -0.15) is 0 Å². The predicted molar refractivity (Wildman–Crippen MR) is 80.0 cm³/mol. The second-order valence-electron chi connectivity index (χ2n) is 5.71. The maximum Gasteiger partial charge on any atom is 0.256 e. The molecule has 3 heteroatoms. The number of hydrogen-bond acceptors (Lipinski definition) is 2. The third-order valence-corrected chi connectivity index (χ3v) is 4.75. The van der Waals surface area contributed by atoms with Crippen LogP contribution in [-0.2, 0) is 10.5 Å². The Hall–Kier alpha value is -2.13. The lowest BCUT2D eigenvalue weighted by Crippen LogP contribution is -2.44. The van der Waals surface area contributed by atoms with Crippen molar-refractivity contribution in [2.24, 2.45) is 0 Å². The number of benzene rings is 2. The molecule has 2 aliphatic heterocycles. The van der Waals surface area contributed by atoms with Crippen LogP contribution in [0.15, 0.2) is 54.6 Å². The van der Waals surface area contributed by atoms with Gasteiger partial charge in [0.05, 0.1) is 6.61 Å². The highest BCUT2D eigenvalue weighted by Gasteiger charge is 2.56. The van der Waals surface area contributed by atoms with Crippen molar-refractivity contribution in [3.63, 3.8) is 0 Å². The minimum absolute atomic E-state index is 0.0495. The van der Waals surface area contributed by atoms with Gasteiger partial charge in [-0.3, -0.25) is 4.79 Å². The number of carbonyl (C=O) groups excluding carboxylic acids is 1. The van der Waals surface area contributed by atoms with E-state index in [9.17, 15) is 4.79 Å². The van der Waals surface area contributed by atoms with Gasteiger partial charge in [0.15, 0.2) is 5.72 Å². The summed E-state index contributed by atoms with van der Waals surface area (Å²) >= 11 is 0. The lowest BCUT2D eigenvalue weighted by Gasteiger charge is -2.37. The topological polar surface area (TPSA) is 29.5 Å². The fourth-order valence-electron chi connectivity index (χ4n) is 3.80. The van der Waals surface area contributed by atoms with Crippen molar-refractivity contribution in [1.29, 1.82) is 0 Å². The van der Waals surface area contributed by atoms with Gasteiger partial charge in [-0.1, -0.05) is 48.5 Å². The Labute approximate surface area is 124 Å². The van der Waals surface area contributed by atoms with Crippen LogP contribution >= 0.6 is 0 Å². The van der Waals surface area contributed by atoms with Gasteiger partial charge in [0, 0.05) is 24.1 Å². The predicted octanol–water partition coefficient (Wildman–Crippen LogP) is 3.13. The molecule has 0 aliphatic carbocycles. The monoisotopic (exact) mass is 279 g/mol. The molecule has 2 aliphatic rings. The van der Waals surface area contributed by atoms with Gasteiger partial charge < -0.3 is 9.64 Å². The van der Waals surface area contributed by atoms with E-state index in [1.54, 1.807) is 4.90 Å². The second kappa shape index (κ2) is 4.43. The molecule has 1 amide bonds. The largest absolute Gasteiger partial charge is 0.350 e. The molecule has 4 rings (SSSR count). The molecule has 0 radical (unpaired) electrons. The van der Waals surface area contributed by atoms with E-state index in [1.165, 1.54) is 5.56 Å². The van der Waals surface area contributed by atoms with E-state index in [4.69, 9.17) is 4.74 Å². The Morgan fingerprint density at radius 2 is 1.81 bits per heavy atom. The number of likely N-dealkylation sites (N-methyl/N-ethyl adjacent to an activating group) is 1. The van der Waals surface area contributed by atoms with Crippen molar-refractivity contribution in [2.45, 2.75) is 18.1 Å². The molecule has 0 aromatic heterocycles. The molecule has 3 nitrogen and oxygen atoms in total. The quantitative estimate of drug-likeness (QED) is 0.802. The van der Waals surface area contributed by atoms with Crippen LogP contribution in [-0.4, -0.2) is 24.5 Å². The molecule has 106 valence electrons. The summed E-state index contributed by atoms with van der Waals surface area (Å²) in [6.07, 6.45) is 0.927. The smallest absolute Gasteiger partial charge is 0.256 e. The van der Waals surface area contributed by atoms with Crippen molar-refractivity contribution < 1.29 is 9.53 Å². The number of ether oxygens (including phenoxy) is 1. The molecule has 2 aromatic rings. The standard InChI is InChI=1S/C18H17NO2/c1-19-17(20)14-9-5-6-10-16(14)18(19)15(11-12-21-18)13-7-3-2-4-8-13/h2-10,15H,11-12H2,1H3/t15-,18-/m1/s1. The third-order valence-electron chi connectivity index (χ3n) is 4.75. The SMILES string of the molecule is CN1C(=O)c2ccccc2[C@@]12OCC[C@@H]2c1ccccc1. The van der Waals surface area contributed by atoms with Gasteiger partial charge in [0.2, 0.25) is 0 Å². The molecular weight excluding hydrogens is 262 g/mol. The first-order valence-corrected chi connectivity index (χ1v) is 7.31. The zero-order chi connectivity index (χ0) is 14.4. The second-order valence-corrected chi connectivity index (χ2v) is 5.71. The Morgan fingerprint density at radius 1 is 1.10 bits per heavy atom. The summed E-state index contributed by atoms with van der Waals surface area (Å²) in [6.45, 7) is 0.672. The van der Waals surface area contributed by atoms with E-state index in [0.29, 0.717) is 6.61 Å². The number of hydrogen-bond donors (Lipinski definition) is 0. The molecule has 2 atom stereocenters. The van der Waals surface area contributed by atoms with Crippen molar-refractivity contribution in [3.05, 3.63) is 71.3 Å². The van der Waals surface area contributed by atoms with Gasteiger partial charge in [-0.05, 0) is 18.1 Å². The summed E-state index contributed by atoms with van der Waals surface area (Å²) < 4.78 is 6.18. The lowest BCUT2D eigenvalue weighted by atomic mass is 9.83. The first-order chi connectivity index (χ1) is 10.2. The Bertz CT molecular complexity index is 697. The summed E-state index contributed by atoms with van der Waals surface area (Å²) in [6, 6.07) is 18.2. The molecule has 0 unspecified atom stereocenters. The average molecular weight is 279 g/mol. The Kier molecular flexibility index (Phi) is 2.66. The minimum Gasteiger partial charge on any atom is -0.350 e. The van der Waals surface area contributed by atoms with E-state index in [2.05, 4.69) is 12.1 Å². The Morgan fingerprint density at radius 3 is 2.62 bits per heavy atom. The number of carbonyl (C=O) groups is 1. The molecule has 1 spiro atoms. The summed E-state index contributed by atoms with van der Waals surface area (Å²) in [4.78, 5) is 14.4. The highest BCUT2D eigenvalue weighted by atomic mass is 16.5. The van der Waals surface area contributed by atoms with Crippen molar-refractivity contribution in [1.82, 2.24) is 4.90 Å². The molecule has 2 heterocycles. The molecule has 0 bridgehead atoms. The first kappa shape index (κ1) is 12.6. The van der Waals surface area contributed by atoms with E-state index < -0.39 is 5.72 Å². The molecular formula is C18H17NO2. The lowest BCUT2D eigenvalue weighted by molar-refractivity contribution is -0.0997. The fraction of sp³-hybridized carbons (Fsp3) is 0.278. The van der Waals surface area contributed by atoms with Crippen LogP contribution in [0.3, 0.4) is 0 Å². The van der Waals surface area contributed by atoms with Crippen LogP contribution in [0.4, 0.5) is 0 Å². The van der Waals surface area contributed by atoms with Crippen LogP contribution in [0, 0.1) is 0 Å². The van der Waals surface area contributed by atoms with Crippen molar-refractivity contribution in [3.8, 4) is 0 Å². The zero-order valence-corrected chi connectivity index (χ0v) is 12.0. The highest BCUT2D eigenvalue weighted by Crippen LogP contribution is 2.53. The number of amides is 1. The number of nitrogens with zero attached hydrogens (tertiary/aromatic N) is 1. The average Bonchev–Trinajstić information content (AvgIpc) is 3.07. The van der Waals surface area contributed by atoms with Gasteiger partial charge >= 0.3 is 0 Å². The molecule has 21 heavy (non-hydrogen) atoms. The molecule has 0 saturated carbocycles. The third kappa shape index (κ3) is 1.55. The van der Waals surface area contributed by atoms with Crippen molar-refractivity contribution in [2.75, 3.05) is 13.7 Å². The van der Waals surface area contributed by atoms with Crippen LogP contribution in [0.1, 0.15) is 33.8 Å². The fourth-order valence-corrected chi connectivity index (χ4v) is 3.80. The highest BCUT2D eigenvalue weighted by molar-refractivity contribution is 5.99. The van der Waals surface area contributed by atoms with E-state index in [0.717, 1.165) is 17.5 Å². The van der Waals surface area contributed by atoms with Crippen LogP contribution in [0.2, 0.25) is 0 Å². The summed E-state index contributed by atoms with van der Waals surface area (Å²) in [7, 11) is 1.85. The normalized spacial score (nSPS) is 27.4. The molecule has 1 saturated heterocycles. The summed E-state index contributed by atoms with van der Waals surface area (Å²) in [5.41, 5.74) is 2.35. The molecule has 1 fully saturated rings. The first-order valence-electron chi connectivity index (χ1n) is 7.31. The van der Waals surface area contributed by atoms with Gasteiger partial charge in [-0.15, -0.1) is 0 Å². The Balaban J connectivity index is 1.92. The van der Waals surface area contributed by atoms with Crippen LogP contribution in [0.5, 0.6) is 0 Å². The van der Waals surface area contributed by atoms with E-state index in [1.807, 2.05) is 49.5 Å². The minimum atomic E-state index is -0.644. The van der Waals surface area contributed by atoms with Crippen molar-refractivity contribution >= 4 is 5.91 Å². The van der Waals surface area contributed by atoms with Crippen LogP contribution in [0.25, 0.3) is 0 Å².